The molecule has 2 aromatic rings. The van der Waals surface area contributed by atoms with Gasteiger partial charge in [0.15, 0.2) is 12.0 Å². The van der Waals surface area contributed by atoms with E-state index in [1.807, 2.05) is 24.3 Å². The molecule has 2 N–H and O–H groups in total. The Hall–Kier alpha value is -1.94. The van der Waals surface area contributed by atoms with Gasteiger partial charge >= 0.3 is 0 Å². The zero-order valence-corrected chi connectivity index (χ0v) is 9.16. The van der Waals surface area contributed by atoms with Crippen LogP contribution in [0.5, 0.6) is 0 Å². The molecule has 2 rings (SSSR count). The van der Waals surface area contributed by atoms with Crippen molar-refractivity contribution in [2.45, 2.75) is 0 Å². The van der Waals surface area contributed by atoms with Gasteiger partial charge in [-0.1, -0.05) is 36.5 Å². The van der Waals surface area contributed by atoms with Crippen molar-refractivity contribution in [1.29, 1.82) is 0 Å². The highest BCUT2D eigenvalue weighted by atomic mass is 32.1. The summed E-state index contributed by atoms with van der Waals surface area (Å²) < 4.78 is 5.29. The van der Waals surface area contributed by atoms with Crippen molar-refractivity contribution in [2.24, 2.45) is 5.73 Å². The summed E-state index contributed by atoms with van der Waals surface area (Å²) in [5, 5.41) is 0. The van der Waals surface area contributed by atoms with Crippen LogP contribution in [0.4, 0.5) is 0 Å². The Kier molecular flexibility index (Phi) is 2.83. The van der Waals surface area contributed by atoms with Gasteiger partial charge in [0, 0.05) is 11.1 Å². The minimum Gasteiger partial charge on any atom is -0.453 e. The molecule has 1 aromatic carbocycles. The first-order chi connectivity index (χ1) is 7.70. The molecule has 4 heteroatoms. The van der Waals surface area contributed by atoms with E-state index < -0.39 is 0 Å². The predicted octanol–water partition coefficient (Wildman–Crippen LogP) is 2.39. The number of nitrogens with two attached hydrogens (primary N) is 1. The Morgan fingerprint density at radius 2 is 1.88 bits per heavy atom. The van der Waals surface area contributed by atoms with Crippen molar-refractivity contribution >= 4 is 23.5 Å². The monoisotopic (exact) mass is 231 g/mol. The molecular formula is C12H9NO2S. The molecule has 0 aliphatic rings. The van der Waals surface area contributed by atoms with E-state index in [1.165, 1.54) is 0 Å². The van der Waals surface area contributed by atoms with Crippen LogP contribution in [0.2, 0.25) is 0 Å². The van der Waals surface area contributed by atoms with Crippen LogP contribution in [0.15, 0.2) is 40.8 Å². The van der Waals surface area contributed by atoms with E-state index in [1.54, 1.807) is 12.1 Å². The molecule has 16 heavy (non-hydrogen) atoms. The smallest absolute Gasteiger partial charge is 0.185 e. The van der Waals surface area contributed by atoms with E-state index in [9.17, 15) is 4.79 Å². The molecule has 0 saturated heterocycles. The summed E-state index contributed by atoms with van der Waals surface area (Å²) in [6.45, 7) is 0. The highest BCUT2D eigenvalue weighted by Crippen LogP contribution is 2.21. The Balaban J connectivity index is 2.34. The number of thiocarbonyl (C=S) groups is 1. The summed E-state index contributed by atoms with van der Waals surface area (Å²) >= 11 is 4.85. The van der Waals surface area contributed by atoms with Gasteiger partial charge in [-0.3, -0.25) is 4.79 Å². The van der Waals surface area contributed by atoms with Gasteiger partial charge in [0.25, 0.3) is 0 Å². The fourth-order valence-corrected chi connectivity index (χ4v) is 1.51. The number of rotatable bonds is 3. The van der Waals surface area contributed by atoms with Crippen LogP contribution in [0.25, 0.3) is 11.3 Å². The van der Waals surface area contributed by atoms with Crippen LogP contribution in [0, 0.1) is 0 Å². The molecule has 0 saturated carbocycles. The molecule has 1 heterocycles. The molecule has 0 aliphatic carbocycles. The van der Waals surface area contributed by atoms with Gasteiger partial charge in [0.05, 0.1) is 0 Å². The highest BCUT2D eigenvalue weighted by Gasteiger charge is 2.04. The van der Waals surface area contributed by atoms with Crippen LogP contribution in [0.3, 0.4) is 0 Å². The third-order valence-corrected chi connectivity index (χ3v) is 2.43. The lowest BCUT2D eigenvalue weighted by molar-refractivity contribution is 0.110. The van der Waals surface area contributed by atoms with Gasteiger partial charge in [-0.05, 0) is 12.1 Å². The van der Waals surface area contributed by atoms with E-state index in [0.717, 1.165) is 11.1 Å². The molecule has 0 spiro atoms. The van der Waals surface area contributed by atoms with Crippen LogP contribution < -0.4 is 5.73 Å². The molecule has 0 atom stereocenters. The van der Waals surface area contributed by atoms with Gasteiger partial charge in [0.1, 0.15) is 10.7 Å². The van der Waals surface area contributed by atoms with Crippen molar-refractivity contribution in [2.75, 3.05) is 0 Å². The number of hydrogen-bond acceptors (Lipinski definition) is 3. The molecule has 0 amide bonds. The second-order valence-electron chi connectivity index (χ2n) is 3.26. The average Bonchev–Trinajstić information content (AvgIpc) is 2.77. The summed E-state index contributed by atoms with van der Waals surface area (Å²) in [6.07, 6.45) is 0.673. The molecule has 0 unspecified atom stereocenters. The number of benzene rings is 1. The number of carbonyl (C=O) groups excluding carboxylic acids is 1. The quantitative estimate of drug-likeness (QED) is 0.651. The Labute approximate surface area is 97.9 Å². The Morgan fingerprint density at radius 1 is 1.19 bits per heavy atom. The summed E-state index contributed by atoms with van der Waals surface area (Å²) in [5.41, 5.74) is 7.18. The normalized spacial score (nSPS) is 10.0. The lowest BCUT2D eigenvalue weighted by Crippen LogP contribution is -2.08. The summed E-state index contributed by atoms with van der Waals surface area (Å²) in [6, 6.07) is 10.7. The van der Waals surface area contributed by atoms with Crippen molar-refractivity contribution in [3.63, 3.8) is 0 Å². The average molecular weight is 231 g/mol. The van der Waals surface area contributed by atoms with Crippen LogP contribution in [0.1, 0.15) is 16.1 Å². The van der Waals surface area contributed by atoms with E-state index in [-0.39, 0.29) is 0 Å². The molecule has 0 fully saturated rings. The second-order valence-corrected chi connectivity index (χ2v) is 3.70. The van der Waals surface area contributed by atoms with Crippen molar-refractivity contribution in [3.05, 3.63) is 47.7 Å². The molecule has 3 nitrogen and oxygen atoms in total. The maximum atomic E-state index is 10.5. The number of furan rings is 1. The third kappa shape index (κ3) is 2.01. The van der Waals surface area contributed by atoms with Crippen LogP contribution in [-0.4, -0.2) is 11.3 Å². The topological polar surface area (TPSA) is 56.2 Å². The molecular weight excluding hydrogens is 222 g/mol. The summed E-state index contributed by atoms with van der Waals surface area (Å²) in [4.78, 5) is 10.8. The Morgan fingerprint density at radius 3 is 2.38 bits per heavy atom. The molecule has 0 aliphatic heterocycles. The number of carbonyl (C=O) groups is 1. The molecule has 0 bridgehead atoms. The minimum atomic E-state index is 0.313. The molecule has 0 radical (unpaired) electrons. The van der Waals surface area contributed by atoms with E-state index >= 15 is 0 Å². The summed E-state index contributed by atoms with van der Waals surface area (Å²) in [7, 11) is 0. The fourth-order valence-electron chi connectivity index (χ4n) is 1.37. The van der Waals surface area contributed by atoms with Gasteiger partial charge in [0.2, 0.25) is 0 Å². The zero-order valence-electron chi connectivity index (χ0n) is 8.34. The SMILES string of the molecule is NC(=S)c1ccc(-c2ccc(C=O)o2)cc1. The maximum Gasteiger partial charge on any atom is 0.185 e. The first kappa shape index (κ1) is 10.6. The third-order valence-electron chi connectivity index (χ3n) is 2.20. The molecule has 80 valence electrons. The zero-order chi connectivity index (χ0) is 11.5. The van der Waals surface area contributed by atoms with E-state index in [0.29, 0.717) is 22.8 Å². The van der Waals surface area contributed by atoms with Crippen molar-refractivity contribution in [3.8, 4) is 11.3 Å². The maximum absolute atomic E-state index is 10.5. The van der Waals surface area contributed by atoms with Gasteiger partial charge in [-0.25, -0.2) is 0 Å². The lowest BCUT2D eigenvalue weighted by atomic mass is 10.1. The lowest BCUT2D eigenvalue weighted by Gasteiger charge is -1.99. The first-order valence-corrected chi connectivity index (χ1v) is 5.07. The first-order valence-electron chi connectivity index (χ1n) is 4.66. The highest BCUT2D eigenvalue weighted by molar-refractivity contribution is 7.80. The van der Waals surface area contributed by atoms with Crippen LogP contribution >= 0.6 is 12.2 Å². The van der Waals surface area contributed by atoms with Gasteiger partial charge < -0.3 is 10.2 Å². The fraction of sp³-hybridized carbons (Fsp3) is 0. The van der Waals surface area contributed by atoms with Crippen molar-refractivity contribution in [1.82, 2.24) is 0 Å². The van der Waals surface area contributed by atoms with E-state index in [2.05, 4.69) is 0 Å². The summed E-state index contributed by atoms with van der Waals surface area (Å²) in [5.74, 6) is 0.963. The number of hydrogen-bond donors (Lipinski definition) is 1. The Bertz CT molecular complexity index is 528. The van der Waals surface area contributed by atoms with Crippen molar-refractivity contribution < 1.29 is 9.21 Å². The number of aldehydes is 1. The van der Waals surface area contributed by atoms with Gasteiger partial charge in [-0.2, -0.15) is 0 Å². The largest absolute Gasteiger partial charge is 0.453 e. The second kappa shape index (κ2) is 4.28. The van der Waals surface area contributed by atoms with E-state index in [4.69, 9.17) is 22.4 Å². The van der Waals surface area contributed by atoms with Crippen LogP contribution in [-0.2, 0) is 0 Å². The predicted molar refractivity (Wildman–Crippen MR) is 65.4 cm³/mol. The minimum absolute atomic E-state index is 0.313. The van der Waals surface area contributed by atoms with Gasteiger partial charge in [-0.15, -0.1) is 0 Å². The standard InChI is InChI=1S/C12H9NO2S/c13-12(16)9-3-1-8(2-4-9)11-6-5-10(7-14)15-11/h1-7H,(H2,13,16). The molecule has 1 aromatic heterocycles.